The number of aromatic nitrogens is 1. The highest BCUT2D eigenvalue weighted by Crippen LogP contribution is 2.29. The Kier molecular flexibility index (Phi) is 6.12. The van der Waals surface area contributed by atoms with Crippen LogP contribution in [0.15, 0.2) is 54.1 Å². The van der Waals surface area contributed by atoms with Gasteiger partial charge in [0.25, 0.3) is 5.91 Å². The Morgan fingerprint density at radius 3 is 2.55 bits per heavy atom. The highest BCUT2D eigenvalue weighted by molar-refractivity contribution is 6.34. The van der Waals surface area contributed by atoms with Crippen LogP contribution in [0.4, 0.5) is 5.69 Å². The van der Waals surface area contributed by atoms with E-state index in [1.54, 1.807) is 30.3 Å². The molecule has 29 heavy (non-hydrogen) atoms. The number of hydrogen-bond acceptors (Lipinski definition) is 2. The van der Waals surface area contributed by atoms with Gasteiger partial charge in [-0.2, -0.15) is 5.26 Å². The molecule has 3 aromatic rings. The van der Waals surface area contributed by atoms with Gasteiger partial charge in [-0.1, -0.05) is 35.3 Å². The number of amides is 1. The van der Waals surface area contributed by atoms with E-state index in [9.17, 15) is 10.1 Å². The van der Waals surface area contributed by atoms with E-state index >= 15 is 0 Å². The standard InChI is InChI=1S/C23H19Cl2N3O/c1-14-5-4-6-20(9-14)27-23(29)18(13-26)11-17-10-15(2)28(16(17)3)22-12-19(24)7-8-21(22)25/h4-12H,1-3H3,(H,27,29)/b18-11-. The number of aryl methyl sites for hydroxylation is 2. The monoisotopic (exact) mass is 423 g/mol. The maximum absolute atomic E-state index is 12.6. The molecule has 1 N–H and O–H groups in total. The van der Waals surface area contributed by atoms with Gasteiger partial charge in [0.05, 0.1) is 10.7 Å². The molecular formula is C23H19Cl2N3O. The molecule has 1 heterocycles. The van der Waals surface area contributed by atoms with Gasteiger partial charge in [-0.25, -0.2) is 0 Å². The Balaban J connectivity index is 1.98. The van der Waals surface area contributed by atoms with Crippen molar-refractivity contribution in [1.29, 1.82) is 5.26 Å². The van der Waals surface area contributed by atoms with E-state index in [4.69, 9.17) is 23.2 Å². The summed E-state index contributed by atoms with van der Waals surface area (Å²) in [6.07, 6.45) is 1.59. The number of carbonyl (C=O) groups excluding carboxylic acids is 1. The number of nitrogens with one attached hydrogen (secondary N) is 1. The van der Waals surface area contributed by atoms with Gasteiger partial charge < -0.3 is 9.88 Å². The lowest BCUT2D eigenvalue weighted by atomic mass is 10.1. The van der Waals surface area contributed by atoms with Crippen LogP contribution in [-0.4, -0.2) is 10.5 Å². The van der Waals surface area contributed by atoms with Crippen LogP contribution in [0.25, 0.3) is 11.8 Å². The number of nitrogens with zero attached hydrogens (tertiary/aromatic N) is 2. The SMILES string of the molecule is Cc1cccc(NC(=O)/C(C#N)=C\c2cc(C)n(-c3cc(Cl)ccc3Cl)c2C)c1. The highest BCUT2D eigenvalue weighted by Gasteiger charge is 2.15. The maximum atomic E-state index is 12.6. The van der Waals surface area contributed by atoms with Crippen molar-refractivity contribution in [3.63, 3.8) is 0 Å². The summed E-state index contributed by atoms with van der Waals surface area (Å²) in [6, 6.07) is 16.6. The average molecular weight is 424 g/mol. The first-order valence-corrected chi connectivity index (χ1v) is 9.70. The van der Waals surface area contributed by atoms with Crippen LogP contribution in [0.2, 0.25) is 10.0 Å². The quantitative estimate of drug-likeness (QED) is 0.397. The molecule has 0 aliphatic heterocycles. The summed E-state index contributed by atoms with van der Waals surface area (Å²) in [5, 5.41) is 13.4. The van der Waals surface area contributed by atoms with Crippen LogP contribution in [0.5, 0.6) is 0 Å². The van der Waals surface area contributed by atoms with Crippen LogP contribution < -0.4 is 5.32 Å². The van der Waals surface area contributed by atoms with E-state index in [1.165, 1.54) is 0 Å². The average Bonchev–Trinajstić information content (AvgIpc) is 2.95. The third-order valence-electron chi connectivity index (χ3n) is 4.56. The smallest absolute Gasteiger partial charge is 0.266 e. The summed E-state index contributed by atoms with van der Waals surface area (Å²) in [6.45, 7) is 5.77. The molecule has 3 rings (SSSR count). The first kappa shape index (κ1) is 20.7. The van der Waals surface area contributed by atoms with Crippen LogP contribution in [-0.2, 0) is 4.79 Å². The third kappa shape index (κ3) is 4.54. The molecule has 0 atom stereocenters. The second-order valence-electron chi connectivity index (χ2n) is 6.75. The zero-order valence-corrected chi connectivity index (χ0v) is 17.8. The largest absolute Gasteiger partial charge is 0.321 e. The number of carbonyl (C=O) groups is 1. The molecule has 1 aromatic heterocycles. The summed E-state index contributed by atoms with van der Waals surface area (Å²) in [4.78, 5) is 12.6. The molecule has 0 spiro atoms. The fraction of sp³-hybridized carbons (Fsp3) is 0.130. The molecule has 146 valence electrons. The summed E-state index contributed by atoms with van der Waals surface area (Å²) >= 11 is 12.5. The van der Waals surface area contributed by atoms with E-state index in [0.29, 0.717) is 15.7 Å². The zero-order valence-electron chi connectivity index (χ0n) is 16.3. The van der Waals surface area contributed by atoms with Gasteiger partial charge in [0, 0.05) is 22.1 Å². The van der Waals surface area contributed by atoms with Crippen LogP contribution in [0.1, 0.15) is 22.5 Å². The third-order valence-corrected chi connectivity index (χ3v) is 5.11. The van der Waals surface area contributed by atoms with E-state index in [2.05, 4.69) is 5.32 Å². The van der Waals surface area contributed by atoms with Crippen molar-refractivity contribution in [2.45, 2.75) is 20.8 Å². The lowest BCUT2D eigenvalue weighted by Crippen LogP contribution is -2.13. The number of rotatable bonds is 4. The summed E-state index contributed by atoms with van der Waals surface area (Å²) in [5.41, 5.74) is 4.95. The van der Waals surface area contributed by atoms with E-state index < -0.39 is 5.91 Å². The number of hydrogen-bond donors (Lipinski definition) is 1. The predicted molar refractivity (Wildman–Crippen MR) is 119 cm³/mol. The van der Waals surface area contributed by atoms with Crippen molar-refractivity contribution < 1.29 is 4.79 Å². The molecular weight excluding hydrogens is 405 g/mol. The molecule has 0 radical (unpaired) electrons. The van der Waals surface area contributed by atoms with Crippen molar-refractivity contribution in [3.8, 4) is 11.8 Å². The summed E-state index contributed by atoms with van der Waals surface area (Å²) in [5.74, 6) is -0.455. The van der Waals surface area contributed by atoms with Crippen molar-refractivity contribution in [3.05, 3.63) is 86.7 Å². The van der Waals surface area contributed by atoms with Gasteiger partial charge in [0.15, 0.2) is 0 Å². The molecule has 0 aliphatic carbocycles. The number of nitriles is 1. The van der Waals surface area contributed by atoms with Gasteiger partial charge in [0.2, 0.25) is 0 Å². The van der Waals surface area contributed by atoms with Gasteiger partial charge in [-0.05, 0) is 74.4 Å². The van der Waals surface area contributed by atoms with Crippen LogP contribution >= 0.6 is 23.2 Å². The highest BCUT2D eigenvalue weighted by atomic mass is 35.5. The Hall–Kier alpha value is -3.00. The molecule has 6 heteroatoms. The Bertz CT molecular complexity index is 1170. The molecule has 2 aromatic carbocycles. The van der Waals surface area contributed by atoms with Crippen molar-refractivity contribution in [2.24, 2.45) is 0 Å². The molecule has 0 saturated carbocycles. The number of anilines is 1. The lowest BCUT2D eigenvalue weighted by molar-refractivity contribution is -0.112. The first-order valence-electron chi connectivity index (χ1n) is 8.94. The molecule has 4 nitrogen and oxygen atoms in total. The Labute approximate surface area is 180 Å². The lowest BCUT2D eigenvalue weighted by Gasteiger charge is -2.12. The molecule has 0 fully saturated rings. The number of halogens is 2. The molecule has 0 bridgehead atoms. The second-order valence-corrected chi connectivity index (χ2v) is 7.59. The topological polar surface area (TPSA) is 57.8 Å². The van der Waals surface area contributed by atoms with Crippen molar-refractivity contribution in [2.75, 3.05) is 5.32 Å². The van der Waals surface area contributed by atoms with E-state index in [-0.39, 0.29) is 5.57 Å². The Morgan fingerprint density at radius 2 is 1.86 bits per heavy atom. The minimum absolute atomic E-state index is 0.0175. The predicted octanol–water partition coefficient (Wildman–Crippen LogP) is 6.26. The first-order chi connectivity index (χ1) is 13.8. The summed E-state index contributed by atoms with van der Waals surface area (Å²) in [7, 11) is 0. The minimum Gasteiger partial charge on any atom is -0.321 e. The van der Waals surface area contributed by atoms with Gasteiger partial charge in [0.1, 0.15) is 11.6 Å². The van der Waals surface area contributed by atoms with Crippen LogP contribution in [0.3, 0.4) is 0 Å². The second kappa shape index (κ2) is 8.57. The number of benzene rings is 2. The zero-order chi connectivity index (χ0) is 21.1. The molecule has 0 aliphatic rings. The molecule has 0 saturated heterocycles. The Morgan fingerprint density at radius 1 is 1.10 bits per heavy atom. The maximum Gasteiger partial charge on any atom is 0.266 e. The fourth-order valence-electron chi connectivity index (χ4n) is 3.19. The van der Waals surface area contributed by atoms with Crippen molar-refractivity contribution >= 4 is 40.9 Å². The van der Waals surface area contributed by atoms with E-state index in [0.717, 1.165) is 28.2 Å². The fourth-order valence-corrected chi connectivity index (χ4v) is 3.56. The van der Waals surface area contributed by atoms with Crippen molar-refractivity contribution in [1.82, 2.24) is 4.57 Å². The molecule has 0 unspecified atom stereocenters. The van der Waals surface area contributed by atoms with E-state index in [1.807, 2.05) is 55.7 Å². The van der Waals surface area contributed by atoms with Crippen LogP contribution in [0, 0.1) is 32.1 Å². The molecule has 1 amide bonds. The van der Waals surface area contributed by atoms with Gasteiger partial charge >= 0.3 is 0 Å². The van der Waals surface area contributed by atoms with Gasteiger partial charge in [-0.15, -0.1) is 0 Å². The normalized spacial score (nSPS) is 11.2. The van der Waals surface area contributed by atoms with Gasteiger partial charge in [-0.3, -0.25) is 4.79 Å². The minimum atomic E-state index is -0.455. The summed E-state index contributed by atoms with van der Waals surface area (Å²) < 4.78 is 1.95.